The van der Waals surface area contributed by atoms with E-state index in [0.29, 0.717) is 16.9 Å². The highest BCUT2D eigenvalue weighted by Crippen LogP contribution is 2.30. The van der Waals surface area contributed by atoms with Crippen LogP contribution in [0.1, 0.15) is 12.5 Å². The van der Waals surface area contributed by atoms with Gasteiger partial charge in [-0.05, 0) is 25.1 Å². The molecule has 2 rings (SSSR count). The van der Waals surface area contributed by atoms with Crippen LogP contribution >= 0.6 is 0 Å². The van der Waals surface area contributed by atoms with Gasteiger partial charge in [-0.15, -0.1) is 0 Å². The summed E-state index contributed by atoms with van der Waals surface area (Å²) in [5.74, 6) is -0.215. The van der Waals surface area contributed by atoms with Crippen molar-refractivity contribution in [3.63, 3.8) is 0 Å². The number of nitriles is 1. The Hall–Kier alpha value is -2.35. The number of nitrogens with one attached hydrogen (secondary N) is 1. The second-order valence-electron chi connectivity index (χ2n) is 3.88. The third-order valence-electron chi connectivity index (χ3n) is 2.53. The topological polar surface area (TPSA) is 73.2 Å². The molecule has 0 fully saturated rings. The number of carbonyl (C=O) groups is 2. The van der Waals surface area contributed by atoms with Crippen LogP contribution in [0, 0.1) is 11.3 Å². The van der Waals surface area contributed by atoms with E-state index in [2.05, 4.69) is 5.32 Å². The molecule has 86 valence electrons. The van der Waals surface area contributed by atoms with E-state index in [1.807, 2.05) is 6.07 Å². The van der Waals surface area contributed by atoms with Gasteiger partial charge >= 0.3 is 0 Å². The Labute approximate surface area is 98.6 Å². The van der Waals surface area contributed by atoms with Gasteiger partial charge in [-0.3, -0.25) is 9.59 Å². The summed E-state index contributed by atoms with van der Waals surface area (Å²) in [4.78, 5) is 24.3. The van der Waals surface area contributed by atoms with Crippen molar-refractivity contribution in [2.75, 3.05) is 23.3 Å². The van der Waals surface area contributed by atoms with E-state index in [-0.39, 0.29) is 24.8 Å². The molecule has 5 heteroatoms. The van der Waals surface area contributed by atoms with Crippen LogP contribution in [0.15, 0.2) is 18.2 Å². The number of hydrogen-bond donors (Lipinski definition) is 1. The minimum atomic E-state index is -0.141. The van der Waals surface area contributed by atoms with E-state index in [9.17, 15) is 9.59 Å². The van der Waals surface area contributed by atoms with E-state index < -0.39 is 0 Å². The predicted molar refractivity (Wildman–Crippen MR) is 62.7 cm³/mol. The molecule has 1 amide bonds. The zero-order valence-corrected chi connectivity index (χ0v) is 9.36. The maximum Gasteiger partial charge on any atom is 0.246 e. The van der Waals surface area contributed by atoms with Crippen molar-refractivity contribution < 1.29 is 9.59 Å². The molecule has 0 unspecified atom stereocenters. The molecular weight excluding hydrogens is 218 g/mol. The van der Waals surface area contributed by atoms with Crippen LogP contribution in [0.25, 0.3) is 0 Å². The molecule has 5 nitrogen and oxygen atoms in total. The lowest BCUT2D eigenvalue weighted by atomic mass is 10.1. The summed E-state index contributed by atoms with van der Waals surface area (Å²) >= 11 is 0. The lowest BCUT2D eigenvalue weighted by molar-refractivity contribution is -0.121. The molecule has 1 N–H and O–H groups in total. The number of fused-ring (bicyclic) bond motifs is 1. The molecule has 1 aliphatic heterocycles. The number of benzene rings is 1. The lowest BCUT2D eigenvalue weighted by Gasteiger charge is -2.29. The molecule has 0 bridgehead atoms. The third-order valence-corrected chi connectivity index (χ3v) is 2.53. The molecule has 0 spiro atoms. The van der Waals surface area contributed by atoms with Gasteiger partial charge in [0.1, 0.15) is 5.78 Å². The predicted octanol–water partition coefficient (Wildman–Crippen LogP) is 0.906. The van der Waals surface area contributed by atoms with Crippen LogP contribution in [0.3, 0.4) is 0 Å². The molecule has 1 heterocycles. The number of ketones is 1. The molecule has 1 aromatic rings. The first-order chi connectivity index (χ1) is 8.11. The van der Waals surface area contributed by atoms with E-state index in [0.717, 1.165) is 0 Å². The monoisotopic (exact) mass is 229 g/mol. The van der Waals surface area contributed by atoms with Gasteiger partial charge < -0.3 is 10.2 Å². The van der Waals surface area contributed by atoms with Crippen LogP contribution in [0.2, 0.25) is 0 Å². The van der Waals surface area contributed by atoms with Gasteiger partial charge in [-0.2, -0.15) is 5.26 Å². The van der Waals surface area contributed by atoms with Gasteiger partial charge in [0, 0.05) is 0 Å². The molecule has 0 aromatic heterocycles. The van der Waals surface area contributed by atoms with Gasteiger partial charge in [0.25, 0.3) is 0 Å². The second kappa shape index (κ2) is 4.26. The number of Topliss-reactive ketones (excluding diaryl/α,β-unsaturated/α-hetero) is 1. The van der Waals surface area contributed by atoms with Crippen molar-refractivity contribution in [1.82, 2.24) is 0 Å². The van der Waals surface area contributed by atoms with Crippen molar-refractivity contribution in [2.24, 2.45) is 0 Å². The zero-order chi connectivity index (χ0) is 12.4. The Kier molecular flexibility index (Phi) is 2.79. The maximum atomic E-state index is 11.7. The number of hydrogen-bond acceptors (Lipinski definition) is 4. The Morgan fingerprint density at radius 1 is 1.59 bits per heavy atom. The summed E-state index contributed by atoms with van der Waals surface area (Å²) in [6, 6.07) is 7.02. The molecule has 1 aromatic carbocycles. The molecule has 0 atom stereocenters. The molecule has 0 saturated carbocycles. The van der Waals surface area contributed by atoms with E-state index >= 15 is 0 Å². The molecular formula is C12H11N3O2. The van der Waals surface area contributed by atoms with Gasteiger partial charge in [0.2, 0.25) is 5.91 Å². The van der Waals surface area contributed by atoms with Crippen molar-refractivity contribution in [2.45, 2.75) is 6.92 Å². The smallest absolute Gasteiger partial charge is 0.246 e. The number of carbonyl (C=O) groups excluding carboxylic acids is 2. The first kappa shape index (κ1) is 11.1. The molecule has 1 aliphatic rings. The van der Waals surface area contributed by atoms with Crippen LogP contribution in [0.4, 0.5) is 11.4 Å². The highest BCUT2D eigenvalue weighted by atomic mass is 16.2. The second-order valence-corrected chi connectivity index (χ2v) is 3.88. The minimum absolute atomic E-state index is 0.0689. The lowest BCUT2D eigenvalue weighted by Crippen LogP contribution is -2.42. The standard InChI is InChI=1S/C12H11N3O2/c1-8(16)7-15-11-3-2-9(5-13)4-10(11)14-6-12(15)17/h2-4,14H,6-7H2,1H3. The zero-order valence-electron chi connectivity index (χ0n) is 9.36. The van der Waals surface area contributed by atoms with E-state index in [1.54, 1.807) is 18.2 Å². The van der Waals surface area contributed by atoms with Crippen LogP contribution in [-0.4, -0.2) is 24.8 Å². The Morgan fingerprint density at radius 3 is 3.00 bits per heavy atom. The summed E-state index contributed by atoms with van der Waals surface area (Å²) in [5, 5.41) is 11.7. The summed E-state index contributed by atoms with van der Waals surface area (Å²) in [5.41, 5.74) is 1.88. The Morgan fingerprint density at radius 2 is 2.35 bits per heavy atom. The summed E-state index contributed by atoms with van der Waals surface area (Å²) in [6.45, 7) is 1.66. The minimum Gasteiger partial charge on any atom is -0.374 e. The summed E-state index contributed by atoms with van der Waals surface area (Å²) in [7, 11) is 0. The van der Waals surface area contributed by atoms with Crippen molar-refractivity contribution >= 4 is 23.1 Å². The molecule has 17 heavy (non-hydrogen) atoms. The van der Waals surface area contributed by atoms with Gasteiger partial charge in [-0.25, -0.2) is 0 Å². The summed E-state index contributed by atoms with van der Waals surface area (Å²) < 4.78 is 0. The first-order valence-corrected chi connectivity index (χ1v) is 5.19. The average molecular weight is 229 g/mol. The third kappa shape index (κ3) is 2.11. The van der Waals surface area contributed by atoms with Crippen LogP contribution < -0.4 is 10.2 Å². The van der Waals surface area contributed by atoms with Gasteiger partial charge in [0.05, 0.1) is 36.1 Å². The highest BCUT2D eigenvalue weighted by molar-refractivity contribution is 6.06. The first-order valence-electron chi connectivity index (χ1n) is 5.19. The fraction of sp³-hybridized carbons (Fsp3) is 0.250. The van der Waals surface area contributed by atoms with Crippen molar-refractivity contribution in [1.29, 1.82) is 5.26 Å². The fourth-order valence-electron chi connectivity index (χ4n) is 1.78. The Balaban J connectivity index is 2.42. The molecule has 0 saturated heterocycles. The maximum absolute atomic E-state index is 11.7. The number of amides is 1. The van der Waals surface area contributed by atoms with Crippen molar-refractivity contribution in [3.05, 3.63) is 23.8 Å². The SMILES string of the molecule is CC(=O)CN1C(=O)CNc2cc(C#N)ccc21. The quantitative estimate of drug-likeness (QED) is 0.817. The highest BCUT2D eigenvalue weighted by Gasteiger charge is 2.24. The van der Waals surface area contributed by atoms with Crippen molar-refractivity contribution in [3.8, 4) is 6.07 Å². The number of rotatable bonds is 2. The normalized spacial score (nSPS) is 13.6. The number of nitrogens with zero attached hydrogens (tertiary/aromatic N) is 2. The molecule has 0 aliphatic carbocycles. The fourth-order valence-corrected chi connectivity index (χ4v) is 1.78. The number of anilines is 2. The van der Waals surface area contributed by atoms with E-state index in [1.165, 1.54) is 11.8 Å². The van der Waals surface area contributed by atoms with Crippen LogP contribution in [0.5, 0.6) is 0 Å². The van der Waals surface area contributed by atoms with Gasteiger partial charge in [0.15, 0.2) is 0 Å². The van der Waals surface area contributed by atoms with E-state index in [4.69, 9.17) is 5.26 Å². The molecule has 0 radical (unpaired) electrons. The van der Waals surface area contributed by atoms with Crippen LogP contribution in [-0.2, 0) is 9.59 Å². The van der Waals surface area contributed by atoms with Gasteiger partial charge in [-0.1, -0.05) is 0 Å². The largest absolute Gasteiger partial charge is 0.374 e. The Bertz CT molecular complexity index is 531. The summed E-state index contributed by atoms with van der Waals surface area (Å²) in [6.07, 6.45) is 0. The average Bonchev–Trinajstić information content (AvgIpc) is 2.32.